The fourth-order valence-electron chi connectivity index (χ4n) is 4.01. The van der Waals surface area contributed by atoms with Gasteiger partial charge in [-0.15, -0.1) is 0 Å². The lowest BCUT2D eigenvalue weighted by molar-refractivity contribution is -0.948. The Morgan fingerprint density at radius 3 is 1.09 bits per heavy atom. The maximum Gasteiger partial charge on any atom is 0.127 e. The average Bonchev–Trinajstić information content (AvgIpc) is 2.74. The van der Waals surface area contributed by atoms with Crippen molar-refractivity contribution in [3.05, 3.63) is 84.7 Å². The molecular weight excluding hydrogens is 729 g/mol. The highest BCUT2D eigenvalue weighted by molar-refractivity contribution is 9.11. The predicted octanol–water partition coefficient (Wildman–Crippen LogP) is 4.35. The number of quaternary nitrogens is 1. The fourth-order valence-corrected chi connectivity index (χ4v) is 5.24. The maximum absolute atomic E-state index is 5.68. The van der Waals surface area contributed by atoms with E-state index in [1.807, 2.05) is 36.4 Å². The van der Waals surface area contributed by atoms with Gasteiger partial charge in [0.2, 0.25) is 0 Å². The van der Waals surface area contributed by atoms with Crippen LogP contribution in [0.4, 0.5) is 0 Å². The molecule has 0 heterocycles. The van der Waals surface area contributed by atoms with Crippen LogP contribution >= 0.6 is 47.8 Å². The minimum Gasteiger partial charge on any atom is -1.00 e. The second-order valence-corrected chi connectivity index (χ2v) is 10.7. The summed E-state index contributed by atoms with van der Waals surface area (Å²) >= 11 is 10.8. The predicted molar refractivity (Wildman–Crippen MR) is 139 cm³/mol. The number of methoxy groups -OCH3 is 3. The van der Waals surface area contributed by atoms with E-state index in [1.54, 1.807) is 21.3 Å². The van der Waals surface area contributed by atoms with E-state index in [-0.39, 0.29) is 24.0 Å². The van der Waals surface area contributed by atoms with E-state index in [4.69, 9.17) is 14.2 Å². The van der Waals surface area contributed by atoms with Crippen molar-refractivity contribution < 1.29 is 42.7 Å². The van der Waals surface area contributed by atoms with Crippen molar-refractivity contribution in [3.8, 4) is 17.2 Å². The van der Waals surface area contributed by atoms with Crippen molar-refractivity contribution in [3.63, 3.8) is 0 Å². The van der Waals surface area contributed by atoms with Crippen LogP contribution in [0.25, 0.3) is 0 Å². The molecule has 3 rings (SSSR count). The lowest BCUT2D eigenvalue weighted by Crippen LogP contribution is -3.00. The molecule has 0 aliphatic heterocycles. The zero-order chi connectivity index (χ0) is 23.3. The molecule has 0 saturated heterocycles. The fraction of sp³-hybridized carbons (Fsp3) is 0.280. The van der Waals surface area contributed by atoms with Crippen molar-refractivity contribution in [1.29, 1.82) is 0 Å². The molecule has 0 atom stereocenters. The lowest BCUT2D eigenvalue weighted by atomic mass is 10.1. The third-order valence-electron chi connectivity index (χ3n) is 5.38. The number of benzene rings is 3. The molecule has 0 N–H and O–H groups in total. The Kier molecular flexibility index (Phi) is 11.0. The molecule has 4 nitrogen and oxygen atoms in total. The van der Waals surface area contributed by atoms with Gasteiger partial charge in [-0.05, 0) is 54.6 Å². The van der Waals surface area contributed by atoms with E-state index in [1.165, 1.54) is 0 Å². The second kappa shape index (κ2) is 12.8. The summed E-state index contributed by atoms with van der Waals surface area (Å²) in [5.74, 6) is 2.62. The summed E-state index contributed by atoms with van der Waals surface area (Å²) in [6.45, 7) is 2.27. The zero-order valence-electron chi connectivity index (χ0n) is 19.0. The maximum atomic E-state index is 5.68. The zero-order valence-corrected chi connectivity index (χ0v) is 25.9. The van der Waals surface area contributed by atoms with Gasteiger partial charge in [-0.3, -0.25) is 0 Å². The van der Waals surface area contributed by atoms with Crippen molar-refractivity contribution in [1.82, 2.24) is 0 Å². The first-order valence-electron chi connectivity index (χ1n) is 10.1. The highest BCUT2D eigenvalue weighted by Crippen LogP contribution is 2.34. The largest absolute Gasteiger partial charge is 1.00 e. The van der Waals surface area contributed by atoms with Crippen LogP contribution < -0.4 is 38.2 Å². The molecule has 3 aromatic carbocycles. The van der Waals surface area contributed by atoms with Gasteiger partial charge in [0.1, 0.15) is 36.9 Å². The molecule has 8 heteroatoms. The highest BCUT2D eigenvalue weighted by Gasteiger charge is 2.28. The van der Waals surface area contributed by atoms with Gasteiger partial charge in [0.05, 0.1) is 28.4 Å². The van der Waals surface area contributed by atoms with Crippen LogP contribution in [0.15, 0.2) is 68.0 Å². The van der Waals surface area contributed by atoms with E-state index < -0.39 is 0 Å². The molecule has 178 valence electrons. The first-order valence-corrected chi connectivity index (χ1v) is 12.5. The van der Waals surface area contributed by atoms with Crippen molar-refractivity contribution >= 4 is 47.8 Å². The van der Waals surface area contributed by atoms with Crippen LogP contribution in [0.2, 0.25) is 0 Å². The Balaban J connectivity index is 0.00000385. The Bertz CT molecular complexity index is 960. The van der Waals surface area contributed by atoms with Crippen LogP contribution in [0.5, 0.6) is 17.2 Å². The van der Waals surface area contributed by atoms with E-state index >= 15 is 0 Å². The summed E-state index contributed by atoms with van der Waals surface area (Å²) in [5.41, 5.74) is 3.40. The van der Waals surface area contributed by atoms with Gasteiger partial charge < -0.3 is 42.7 Å². The molecule has 3 aromatic rings. The van der Waals surface area contributed by atoms with Gasteiger partial charge in [-0.2, -0.15) is 0 Å². The molecular formula is C25H27Br3INO3. The number of hydrogen-bond acceptors (Lipinski definition) is 3. The third kappa shape index (κ3) is 7.59. The monoisotopic (exact) mass is 753 g/mol. The van der Waals surface area contributed by atoms with Crippen LogP contribution in [0.3, 0.4) is 0 Å². The van der Waals surface area contributed by atoms with Gasteiger partial charge in [0.15, 0.2) is 0 Å². The number of nitrogens with zero attached hydrogens (tertiary/aromatic N) is 1. The molecule has 0 fully saturated rings. The van der Waals surface area contributed by atoms with Gasteiger partial charge in [0.25, 0.3) is 0 Å². The molecule has 0 unspecified atom stereocenters. The van der Waals surface area contributed by atoms with E-state index in [2.05, 4.69) is 73.0 Å². The van der Waals surface area contributed by atoms with Gasteiger partial charge in [-0.25, -0.2) is 0 Å². The van der Waals surface area contributed by atoms with Crippen LogP contribution in [-0.2, 0) is 19.6 Å². The molecule has 0 aliphatic carbocycles. The van der Waals surface area contributed by atoms with E-state index in [0.29, 0.717) is 4.48 Å². The number of ether oxygens (including phenoxy) is 3. The van der Waals surface area contributed by atoms with Gasteiger partial charge in [-0.1, -0.05) is 47.8 Å². The summed E-state index contributed by atoms with van der Waals surface area (Å²) in [5, 5.41) is 0. The summed E-state index contributed by atoms with van der Waals surface area (Å²) in [7, 11) is 7.39. The first-order chi connectivity index (χ1) is 15.3. The van der Waals surface area contributed by atoms with Gasteiger partial charge >= 0.3 is 0 Å². The van der Waals surface area contributed by atoms with E-state index in [9.17, 15) is 0 Å². The summed E-state index contributed by atoms with van der Waals surface area (Å²) in [6.07, 6.45) is 0. The third-order valence-corrected chi connectivity index (χ3v) is 6.86. The van der Waals surface area contributed by atoms with E-state index in [0.717, 1.165) is 67.0 Å². The molecule has 0 aromatic heterocycles. The average molecular weight is 756 g/mol. The number of hydrogen-bond donors (Lipinski definition) is 0. The molecule has 0 spiro atoms. The topological polar surface area (TPSA) is 27.7 Å². The number of halogens is 4. The molecule has 0 bridgehead atoms. The van der Waals surface area contributed by atoms with Crippen molar-refractivity contribution in [2.45, 2.75) is 19.6 Å². The summed E-state index contributed by atoms with van der Waals surface area (Å²) in [6, 6.07) is 18.4. The molecule has 0 aliphatic rings. The Morgan fingerprint density at radius 2 is 0.848 bits per heavy atom. The SMILES string of the molecule is COc1ccc(Br)cc1C[N+](C)(Cc1cc(Br)ccc1OC)Cc1cc(Br)ccc1OC.[I-]. The summed E-state index contributed by atoms with van der Waals surface area (Å²) in [4.78, 5) is 0. The molecule has 33 heavy (non-hydrogen) atoms. The van der Waals surface area contributed by atoms with Gasteiger partial charge in [0, 0.05) is 30.1 Å². The first kappa shape index (κ1) is 28.4. The minimum absolute atomic E-state index is 0. The van der Waals surface area contributed by atoms with Crippen LogP contribution in [0, 0.1) is 0 Å². The Morgan fingerprint density at radius 1 is 0.576 bits per heavy atom. The number of rotatable bonds is 9. The van der Waals surface area contributed by atoms with Crippen LogP contribution in [0.1, 0.15) is 16.7 Å². The van der Waals surface area contributed by atoms with Crippen molar-refractivity contribution in [2.24, 2.45) is 0 Å². The highest BCUT2D eigenvalue weighted by atomic mass is 127. The molecule has 0 saturated carbocycles. The lowest BCUT2D eigenvalue weighted by Gasteiger charge is -2.36. The standard InChI is InChI=1S/C25H27Br3NO3.HI/c1-29(14-17-11-20(26)5-8-23(17)30-2,15-18-12-21(27)6-9-24(18)31-3)16-19-13-22(28)7-10-25(19)32-4;/h5-13H,14-16H2,1-4H3;1H/q+1;/p-1. The van der Waals surface area contributed by atoms with Crippen LogP contribution in [-0.4, -0.2) is 32.9 Å². The molecule has 0 radical (unpaired) electrons. The molecule has 0 amide bonds. The second-order valence-electron chi connectivity index (χ2n) is 7.96. The Hall–Kier alpha value is -0.810. The normalized spacial score (nSPS) is 11.0. The smallest absolute Gasteiger partial charge is 0.127 e. The minimum atomic E-state index is 0. The Labute approximate surface area is 238 Å². The van der Waals surface area contributed by atoms with Crippen molar-refractivity contribution in [2.75, 3.05) is 28.4 Å². The summed E-state index contributed by atoms with van der Waals surface area (Å²) < 4.78 is 20.8. The quantitative estimate of drug-likeness (QED) is 0.241.